The van der Waals surface area contributed by atoms with Crippen LogP contribution in [0.5, 0.6) is 0 Å². The number of nitrogens with zero attached hydrogens (tertiary/aromatic N) is 2. The van der Waals surface area contributed by atoms with Crippen molar-refractivity contribution in [1.29, 1.82) is 0 Å². The zero-order valence-electron chi connectivity index (χ0n) is 10.8. The minimum atomic E-state index is -0.0730. The molecule has 2 aromatic rings. The van der Waals surface area contributed by atoms with Gasteiger partial charge in [0.05, 0.1) is 0 Å². The molecule has 0 aliphatic heterocycles. The van der Waals surface area contributed by atoms with Gasteiger partial charge in [0.25, 0.3) is 0 Å². The molecule has 6 heteroatoms. The molecule has 0 saturated heterocycles. The molecule has 1 aromatic carbocycles. The summed E-state index contributed by atoms with van der Waals surface area (Å²) in [7, 11) is 0. The number of hydrogen-bond donors (Lipinski definition) is 1. The molecule has 20 heavy (non-hydrogen) atoms. The molecule has 0 saturated carbocycles. The fourth-order valence-electron chi connectivity index (χ4n) is 1.56. The van der Waals surface area contributed by atoms with Gasteiger partial charge in [0.2, 0.25) is 17.7 Å². The van der Waals surface area contributed by atoms with Gasteiger partial charge in [-0.05, 0) is 24.3 Å². The van der Waals surface area contributed by atoms with Crippen molar-refractivity contribution in [3.63, 3.8) is 0 Å². The van der Waals surface area contributed by atoms with Crippen LogP contribution >= 0.6 is 11.6 Å². The van der Waals surface area contributed by atoms with E-state index in [0.717, 1.165) is 5.56 Å². The van der Waals surface area contributed by atoms with Crippen LogP contribution in [-0.4, -0.2) is 22.6 Å². The number of rotatable bonds is 6. The summed E-state index contributed by atoms with van der Waals surface area (Å²) < 4.78 is 5.50. The summed E-state index contributed by atoms with van der Waals surface area (Å²) in [5.74, 6) is 0.781. The Morgan fingerprint density at radius 2 is 2.10 bits per heavy atom. The second kappa shape index (κ2) is 6.86. The summed E-state index contributed by atoms with van der Waals surface area (Å²) >= 11 is 5.81. The fraction of sp³-hybridized carbons (Fsp3) is 0.214. The number of aromatic nitrogens is 2. The van der Waals surface area contributed by atoms with E-state index in [1.54, 1.807) is 30.3 Å². The second-order valence-corrected chi connectivity index (χ2v) is 4.54. The molecule has 0 radical (unpaired) electrons. The van der Waals surface area contributed by atoms with Crippen molar-refractivity contribution in [2.24, 2.45) is 0 Å². The SMILES string of the molecule is C=CCNC(=O)CCc1nnc(-c2ccc(Cl)cc2)o1. The van der Waals surface area contributed by atoms with Crippen molar-refractivity contribution in [3.8, 4) is 11.5 Å². The van der Waals surface area contributed by atoms with Gasteiger partial charge in [0, 0.05) is 30.0 Å². The lowest BCUT2D eigenvalue weighted by Crippen LogP contribution is -2.23. The van der Waals surface area contributed by atoms with Crippen molar-refractivity contribution in [1.82, 2.24) is 15.5 Å². The topological polar surface area (TPSA) is 68.0 Å². The van der Waals surface area contributed by atoms with E-state index in [2.05, 4.69) is 22.1 Å². The highest BCUT2D eigenvalue weighted by Gasteiger charge is 2.10. The van der Waals surface area contributed by atoms with Crippen LogP contribution in [0.1, 0.15) is 12.3 Å². The molecule has 0 spiro atoms. The molecular weight excluding hydrogens is 278 g/mol. The largest absolute Gasteiger partial charge is 0.421 e. The highest BCUT2D eigenvalue weighted by atomic mass is 35.5. The maximum Gasteiger partial charge on any atom is 0.247 e. The highest BCUT2D eigenvalue weighted by molar-refractivity contribution is 6.30. The second-order valence-electron chi connectivity index (χ2n) is 4.10. The molecule has 2 rings (SSSR count). The number of carbonyl (C=O) groups is 1. The van der Waals surface area contributed by atoms with Crippen LogP contribution in [0.15, 0.2) is 41.3 Å². The fourth-order valence-corrected chi connectivity index (χ4v) is 1.68. The van der Waals surface area contributed by atoms with E-state index in [1.165, 1.54) is 0 Å². The van der Waals surface area contributed by atoms with Crippen LogP contribution in [-0.2, 0) is 11.2 Å². The zero-order chi connectivity index (χ0) is 14.4. The lowest BCUT2D eigenvalue weighted by molar-refractivity contribution is -0.120. The normalized spacial score (nSPS) is 10.2. The van der Waals surface area contributed by atoms with Crippen LogP contribution in [0.25, 0.3) is 11.5 Å². The van der Waals surface area contributed by atoms with Crippen LogP contribution < -0.4 is 5.32 Å². The molecule has 0 fully saturated rings. The van der Waals surface area contributed by atoms with E-state index >= 15 is 0 Å². The average Bonchev–Trinajstić information content (AvgIpc) is 2.92. The Morgan fingerprint density at radius 3 is 2.80 bits per heavy atom. The van der Waals surface area contributed by atoms with Gasteiger partial charge in [0.15, 0.2) is 0 Å². The Hall–Kier alpha value is -2.14. The first kappa shape index (κ1) is 14.3. The van der Waals surface area contributed by atoms with Crippen LogP contribution in [0, 0.1) is 0 Å². The number of hydrogen-bond acceptors (Lipinski definition) is 4. The Bertz CT molecular complexity index is 593. The summed E-state index contributed by atoms with van der Waals surface area (Å²) in [4.78, 5) is 11.4. The first-order chi connectivity index (χ1) is 9.69. The van der Waals surface area contributed by atoms with E-state index in [1.807, 2.05) is 0 Å². The quantitative estimate of drug-likeness (QED) is 0.831. The Kier molecular flexibility index (Phi) is 4.90. The van der Waals surface area contributed by atoms with Crippen molar-refractivity contribution >= 4 is 17.5 Å². The number of halogens is 1. The molecular formula is C14H14ClN3O2. The number of nitrogens with one attached hydrogen (secondary N) is 1. The van der Waals surface area contributed by atoms with Gasteiger partial charge in [0.1, 0.15) is 0 Å². The Labute approximate surface area is 121 Å². The summed E-state index contributed by atoms with van der Waals surface area (Å²) in [6, 6.07) is 7.11. The van der Waals surface area contributed by atoms with Gasteiger partial charge in [-0.1, -0.05) is 17.7 Å². The number of carbonyl (C=O) groups excluding carboxylic acids is 1. The molecule has 0 unspecified atom stereocenters. The molecule has 5 nitrogen and oxygen atoms in total. The van der Waals surface area contributed by atoms with E-state index in [0.29, 0.717) is 36.2 Å². The number of amides is 1. The third-order valence-corrected chi connectivity index (χ3v) is 2.82. The molecule has 1 aromatic heterocycles. The van der Waals surface area contributed by atoms with Gasteiger partial charge in [-0.25, -0.2) is 0 Å². The standard InChI is InChI=1S/C14H14ClN3O2/c1-2-9-16-12(19)7-8-13-17-18-14(20-13)10-3-5-11(15)6-4-10/h2-6H,1,7-9H2,(H,16,19). The van der Waals surface area contributed by atoms with Crippen LogP contribution in [0.4, 0.5) is 0 Å². The lowest BCUT2D eigenvalue weighted by Gasteiger charge is -1.99. The molecule has 1 N–H and O–H groups in total. The van der Waals surface area contributed by atoms with Gasteiger partial charge in [-0.2, -0.15) is 0 Å². The minimum absolute atomic E-state index is 0.0730. The van der Waals surface area contributed by atoms with Gasteiger partial charge in [-0.15, -0.1) is 16.8 Å². The van der Waals surface area contributed by atoms with Crippen LogP contribution in [0.2, 0.25) is 5.02 Å². The van der Waals surface area contributed by atoms with Crippen LogP contribution in [0.3, 0.4) is 0 Å². The molecule has 0 aliphatic rings. The summed E-state index contributed by atoms with van der Waals surface area (Å²) in [5, 5.41) is 11.2. The van der Waals surface area contributed by atoms with E-state index in [9.17, 15) is 4.79 Å². The predicted molar refractivity (Wildman–Crippen MR) is 76.3 cm³/mol. The lowest BCUT2D eigenvalue weighted by atomic mass is 10.2. The van der Waals surface area contributed by atoms with Crippen molar-refractivity contribution in [2.45, 2.75) is 12.8 Å². The van der Waals surface area contributed by atoms with E-state index < -0.39 is 0 Å². The minimum Gasteiger partial charge on any atom is -0.421 e. The molecule has 1 heterocycles. The van der Waals surface area contributed by atoms with Crippen molar-refractivity contribution in [3.05, 3.63) is 47.8 Å². The van der Waals surface area contributed by atoms with Gasteiger partial charge >= 0.3 is 0 Å². The number of benzene rings is 1. The molecule has 0 bridgehead atoms. The average molecular weight is 292 g/mol. The van der Waals surface area contributed by atoms with Gasteiger partial charge < -0.3 is 9.73 Å². The highest BCUT2D eigenvalue weighted by Crippen LogP contribution is 2.20. The Balaban J connectivity index is 1.94. The van der Waals surface area contributed by atoms with E-state index in [4.69, 9.17) is 16.0 Å². The van der Waals surface area contributed by atoms with Crippen molar-refractivity contribution < 1.29 is 9.21 Å². The third kappa shape index (κ3) is 3.93. The molecule has 1 amide bonds. The summed E-state index contributed by atoms with van der Waals surface area (Å²) in [6.07, 6.45) is 2.34. The maximum atomic E-state index is 11.4. The predicted octanol–water partition coefficient (Wildman–Crippen LogP) is 2.62. The third-order valence-electron chi connectivity index (χ3n) is 2.57. The molecule has 0 aliphatic carbocycles. The monoisotopic (exact) mass is 291 g/mol. The first-order valence-electron chi connectivity index (χ1n) is 6.15. The number of aryl methyl sites for hydroxylation is 1. The zero-order valence-corrected chi connectivity index (χ0v) is 11.6. The summed E-state index contributed by atoms with van der Waals surface area (Å²) in [5.41, 5.74) is 0.796. The summed E-state index contributed by atoms with van der Waals surface area (Å²) in [6.45, 7) is 3.99. The smallest absolute Gasteiger partial charge is 0.247 e. The van der Waals surface area contributed by atoms with E-state index in [-0.39, 0.29) is 5.91 Å². The van der Waals surface area contributed by atoms with Crippen molar-refractivity contribution in [2.75, 3.05) is 6.54 Å². The molecule has 0 atom stereocenters. The van der Waals surface area contributed by atoms with Gasteiger partial charge in [-0.3, -0.25) is 4.79 Å². The Morgan fingerprint density at radius 1 is 1.35 bits per heavy atom. The molecule has 104 valence electrons. The maximum absolute atomic E-state index is 11.4. The first-order valence-corrected chi connectivity index (χ1v) is 6.53.